The number of rotatable bonds is 21. The van der Waals surface area contributed by atoms with Crippen molar-refractivity contribution in [2.24, 2.45) is 5.41 Å². The van der Waals surface area contributed by atoms with E-state index in [-0.39, 0.29) is 55.0 Å². The lowest BCUT2D eigenvalue weighted by atomic mass is 9.85. The maximum Gasteiger partial charge on any atom is 0.265 e. The Kier molecular flexibility index (Phi) is 18.5. The minimum absolute atomic E-state index is 0.0117. The Hall–Kier alpha value is -4.86. The van der Waals surface area contributed by atoms with Gasteiger partial charge in [-0.15, -0.1) is 11.3 Å². The number of hydrazine groups is 1. The van der Waals surface area contributed by atoms with Crippen LogP contribution in [0.3, 0.4) is 0 Å². The van der Waals surface area contributed by atoms with Crippen LogP contribution < -0.4 is 26.4 Å². The number of hydrogen-bond acceptors (Lipinski definition) is 10. The topological polar surface area (TPSA) is 176 Å². The number of nitrogens with zero attached hydrogens (tertiary/aromatic N) is 4. The molecule has 1 aromatic heterocycles. The molecule has 0 spiro atoms. The predicted octanol–water partition coefficient (Wildman–Crippen LogP) is 6.29. The van der Waals surface area contributed by atoms with Gasteiger partial charge >= 0.3 is 0 Å². The van der Waals surface area contributed by atoms with Gasteiger partial charge in [-0.3, -0.25) is 29.4 Å². The summed E-state index contributed by atoms with van der Waals surface area (Å²) >= 11 is 1.58. The third-order valence-corrected chi connectivity index (χ3v) is 13.1. The van der Waals surface area contributed by atoms with Gasteiger partial charge in [-0.1, -0.05) is 84.1 Å². The molecular weight excluding hydrogens is 817 g/mol. The summed E-state index contributed by atoms with van der Waals surface area (Å²) in [4.78, 5) is 77.4. The minimum Gasteiger partial charge on any atom is -0.391 e. The first-order valence-corrected chi connectivity index (χ1v) is 23.8. The lowest BCUT2D eigenvalue weighted by molar-refractivity contribution is -0.144. The van der Waals surface area contributed by atoms with Crippen LogP contribution in [0.25, 0.3) is 10.4 Å². The average Bonchev–Trinajstić information content (AvgIpc) is 3.89. The molecule has 0 unspecified atom stereocenters. The number of likely N-dealkylation sites (tertiary alicyclic amines) is 1. The summed E-state index contributed by atoms with van der Waals surface area (Å²) in [7, 11) is 0. The highest BCUT2D eigenvalue weighted by Gasteiger charge is 2.44. The van der Waals surface area contributed by atoms with Crippen LogP contribution in [0.15, 0.2) is 54.0 Å². The second-order valence-corrected chi connectivity index (χ2v) is 19.0. The highest BCUT2D eigenvalue weighted by molar-refractivity contribution is 7.13. The van der Waals surface area contributed by atoms with Crippen LogP contribution in [-0.2, 0) is 19.2 Å². The molecule has 14 nitrogen and oxygen atoms in total. The molecule has 15 heteroatoms. The Balaban J connectivity index is 0.993. The molecular formula is C48H70N8O6S. The average molecular weight is 887 g/mol. The van der Waals surface area contributed by atoms with Gasteiger partial charge < -0.3 is 30.4 Å². The number of piperazine rings is 1. The summed E-state index contributed by atoms with van der Waals surface area (Å²) < 4.78 is 0. The van der Waals surface area contributed by atoms with E-state index < -0.39 is 23.6 Å². The van der Waals surface area contributed by atoms with E-state index in [0.717, 1.165) is 79.1 Å². The number of β-amino-alcohol motifs (C(OH)–C–C–N with tert-alkyl or cyclic N) is 1. The summed E-state index contributed by atoms with van der Waals surface area (Å²) in [5.41, 5.74) is 11.5. The SMILES string of the molecule is CCCCCCNNC(=O)c1ccc(N2CCN(C(=O)CCCCCCC(=O)N[C@H](C(=O)N3C[C@H](O)C[C@H]3C(=O)N[C@@H](C)c3ccc(-c4scnc4C)cc3)C(C)(C)C)CC2)cc1. The molecule has 0 bridgehead atoms. The molecule has 2 aliphatic rings. The lowest BCUT2D eigenvalue weighted by Crippen LogP contribution is -2.57. The maximum atomic E-state index is 14.1. The van der Waals surface area contributed by atoms with Gasteiger partial charge in [0.25, 0.3) is 5.91 Å². The molecule has 5 rings (SSSR count). The van der Waals surface area contributed by atoms with Crippen molar-refractivity contribution in [3.05, 3.63) is 70.9 Å². The fourth-order valence-corrected chi connectivity index (χ4v) is 9.03. The number of anilines is 1. The number of thiazole rings is 1. The van der Waals surface area contributed by atoms with Gasteiger partial charge in [0.2, 0.25) is 23.6 Å². The van der Waals surface area contributed by atoms with Crippen LogP contribution in [0.4, 0.5) is 5.69 Å². The first-order valence-electron chi connectivity index (χ1n) is 22.9. The van der Waals surface area contributed by atoms with E-state index in [1.807, 2.05) is 93.6 Å². The number of benzene rings is 2. The molecule has 63 heavy (non-hydrogen) atoms. The maximum absolute atomic E-state index is 14.1. The smallest absolute Gasteiger partial charge is 0.265 e. The first-order chi connectivity index (χ1) is 30.2. The monoisotopic (exact) mass is 887 g/mol. The Bertz CT molecular complexity index is 1960. The zero-order valence-electron chi connectivity index (χ0n) is 38.2. The molecule has 3 heterocycles. The number of aromatic nitrogens is 1. The number of carbonyl (C=O) groups is 5. The van der Waals surface area contributed by atoms with Gasteiger partial charge in [0.15, 0.2) is 0 Å². The zero-order valence-corrected chi connectivity index (χ0v) is 39.0. The van der Waals surface area contributed by atoms with E-state index in [4.69, 9.17) is 0 Å². The summed E-state index contributed by atoms with van der Waals surface area (Å²) in [6, 6.07) is 13.5. The standard InChI is InChI=1S/C48H70N8O6S/c1-7-8-9-14-25-50-53-45(60)37-21-23-38(24-22-37)54-26-28-55(29-27-54)42(59)16-13-11-10-12-15-41(58)52-44(48(4,5)6)47(62)56-31-39(57)30-40(56)46(61)51-33(2)35-17-19-36(20-18-35)43-34(3)49-32-63-43/h17-24,32-33,39-40,44,50,57H,7-16,25-31H2,1-6H3,(H,51,61)(H,52,58)(H,53,60)/t33-,39+,40-,44+/m0/s1. The van der Waals surface area contributed by atoms with Crippen LogP contribution in [0.5, 0.6) is 0 Å². The Morgan fingerprint density at radius 2 is 1.52 bits per heavy atom. The molecule has 0 saturated carbocycles. The van der Waals surface area contributed by atoms with Crippen LogP contribution in [0.1, 0.15) is 133 Å². The fraction of sp³-hybridized carbons (Fsp3) is 0.583. The normalized spacial score (nSPS) is 17.6. The number of carbonyl (C=O) groups excluding carboxylic acids is 5. The van der Waals surface area contributed by atoms with E-state index in [2.05, 4.69) is 38.3 Å². The van der Waals surface area contributed by atoms with Crippen molar-refractivity contribution in [3.8, 4) is 10.4 Å². The van der Waals surface area contributed by atoms with Crippen molar-refractivity contribution in [2.75, 3.05) is 44.2 Å². The zero-order chi connectivity index (χ0) is 45.5. The number of hydrogen-bond donors (Lipinski definition) is 5. The molecule has 3 aromatic rings. The molecule has 5 amide bonds. The largest absolute Gasteiger partial charge is 0.391 e. The van der Waals surface area contributed by atoms with Crippen LogP contribution in [0.2, 0.25) is 0 Å². The summed E-state index contributed by atoms with van der Waals surface area (Å²) in [5.74, 6) is -0.992. The molecule has 0 aliphatic carbocycles. The van der Waals surface area contributed by atoms with E-state index in [1.54, 1.807) is 11.3 Å². The van der Waals surface area contributed by atoms with Gasteiger partial charge in [0, 0.05) is 69.8 Å². The molecule has 2 aromatic carbocycles. The predicted molar refractivity (Wildman–Crippen MR) is 249 cm³/mol. The second-order valence-electron chi connectivity index (χ2n) is 18.2. The van der Waals surface area contributed by atoms with Crippen molar-refractivity contribution >= 4 is 46.6 Å². The Morgan fingerprint density at radius 1 is 0.857 bits per heavy atom. The highest BCUT2D eigenvalue weighted by Crippen LogP contribution is 2.30. The van der Waals surface area contributed by atoms with Gasteiger partial charge in [0.1, 0.15) is 12.1 Å². The van der Waals surface area contributed by atoms with E-state index >= 15 is 0 Å². The minimum atomic E-state index is -0.887. The summed E-state index contributed by atoms with van der Waals surface area (Å²) in [5, 5.41) is 16.6. The third kappa shape index (κ3) is 14.3. The third-order valence-electron chi connectivity index (χ3n) is 12.1. The van der Waals surface area contributed by atoms with Crippen LogP contribution in [-0.4, -0.2) is 107 Å². The molecule has 2 saturated heterocycles. The fourth-order valence-electron chi connectivity index (χ4n) is 8.21. The van der Waals surface area contributed by atoms with Gasteiger partial charge in [-0.05, 0) is 73.9 Å². The van der Waals surface area contributed by atoms with Gasteiger partial charge in [-0.25, -0.2) is 10.4 Å². The number of amides is 5. The molecule has 344 valence electrons. The molecule has 2 fully saturated rings. The van der Waals surface area contributed by atoms with Crippen molar-refractivity contribution in [2.45, 2.75) is 136 Å². The highest BCUT2D eigenvalue weighted by atomic mass is 32.1. The van der Waals surface area contributed by atoms with Crippen molar-refractivity contribution in [3.63, 3.8) is 0 Å². The quantitative estimate of drug-likeness (QED) is 0.0608. The molecule has 5 N–H and O–H groups in total. The summed E-state index contributed by atoms with van der Waals surface area (Å²) in [6.45, 7) is 15.2. The molecule has 4 atom stereocenters. The first kappa shape index (κ1) is 49.2. The van der Waals surface area contributed by atoms with E-state index in [9.17, 15) is 29.1 Å². The Labute approximate surface area is 377 Å². The van der Waals surface area contributed by atoms with Crippen molar-refractivity contribution in [1.29, 1.82) is 0 Å². The number of nitrogens with one attached hydrogen (secondary N) is 4. The van der Waals surface area contributed by atoms with Crippen LogP contribution >= 0.6 is 11.3 Å². The molecule has 0 radical (unpaired) electrons. The number of aliphatic hydroxyl groups excluding tert-OH is 1. The summed E-state index contributed by atoms with van der Waals surface area (Å²) in [6.07, 6.45) is 7.45. The number of aryl methyl sites for hydroxylation is 1. The van der Waals surface area contributed by atoms with Crippen molar-refractivity contribution < 1.29 is 29.1 Å². The van der Waals surface area contributed by atoms with Crippen molar-refractivity contribution in [1.82, 2.24) is 36.3 Å². The number of unbranched alkanes of at least 4 members (excludes halogenated alkanes) is 6. The van der Waals surface area contributed by atoms with Crippen LogP contribution in [0, 0.1) is 12.3 Å². The second kappa shape index (κ2) is 23.7. The van der Waals surface area contributed by atoms with Gasteiger partial charge in [0.05, 0.1) is 28.2 Å². The lowest BCUT2D eigenvalue weighted by Gasteiger charge is -2.36. The van der Waals surface area contributed by atoms with E-state index in [0.29, 0.717) is 31.5 Å². The van der Waals surface area contributed by atoms with E-state index in [1.165, 1.54) is 17.7 Å². The Morgan fingerprint density at radius 3 is 2.16 bits per heavy atom. The molecule has 2 aliphatic heterocycles. The number of aliphatic hydroxyl groups is 1. The van der Waals surface area contributed by atoms with Gasteiger partial charge in [-0.2, -0.15) is 0 Å².